The number of amides is 7. The summed E-state index contributed by atoms with van der Waals surface area (Å²) in [5.41, 5.74) is -0.984. The molecule has 7 amide bonds. The number of imide groups is 3. The van der Waals surface area contributed by atoms with Crippen LogP contribution in [0.4, 0.5) is 0 Å². The lowest BCUT2D eigenvalue weighted by Crippen LogP contribution is -2.51. The van der Waals surface area contributed by atoms with Gasteiger partial charge in [-0.05, 0) is 51.5 Å². The highest BCUT2D eigenvalue weighted by Crippen LogP contribution is 2.27. The molecule has 0 saturated heterocycles. The number of carbonyl (C=O) groups is 8. The minimum Gasteiger partial charge on any atom is -0.481 e. The summed E-state index contributed by atoms with van der Waals surface area (Å²) in [7, 11) is 0. The van der Waals surface area contributed by atoms with E-state index in [1.165, 1.54) is 36.5 Å². The Balaban J connectivity index is 1.98. The number of nitrogens with zero attached hydrogens (tertiary/aromatic N) is 3. The largest absolute Gasteiger partial charge is 0.481 e. The van der Waals surface area contributed by atoms with Crippen LogP contribution in [-0.4, -0.2) is 146 Å². The van der Waals surface area contributed by atoms with Crippen molar-refractivity contribution in [3.8, 4) is 0 Å². The number of carbonyl (C=O) groups excluding carboxylic acids is 7. The Labute approximate surface area is 296 Å². The van der Waals surface area contributed by atoms with E-state index in [4.69, 9.17) is 24.1 Å². The number of rotatable bonds is 29. The van der Waals surface area contributed by atoms with Crippen molar-refractivity contribution in [3.63, 3.8) is 0 Å². The number of hydrogen-bond acceptors (Lipinski definition) is 12. The Morgan fingerprint density at radius 2 is 1.20 bits per heavy atom. The molecule has 0 fully saturated rings. The van der Waals surface area contributed by atoms with Crippen LogP contribution in [0.1, 0.15) is 51.9 Å². The number of carboxylic acids is 1. The van der Waals surface area contributed by atoms with Crippen LogP contribution in [0, 0.1) is 0 Å². The van der Waals surface area contributed by atoms with Gasteiger partial charge in [-0.15, -0.1) is 0 Å². The standard InChI is InChI=1S/C34H48N4O13/c1-2-6-28(41)36(26-39)15-3-12-34(13-4-16-37-29(42)7-8-30(37)43,14-5-17-38-31(44)9-10-32(38)45)35-27(40)25-51-24-23-50-22-21-49-20-19-48-18-11-33(46)47/h2,6-10,26H,3-5,11-25H2,1H3,(H,35,40)(H,46,47)/b6-2-. The van der Waals surface area contributed by atoms with Gasteiger partial charge in [-0.2, -0.15) is 0 Å². The van der Waals surface area contributed by atoms with Crippen molar-refractivity contribution in [3.05, 3.63) is 36.5 Å². The smallest absolute Gasteiger partial charge is 0.305 e. The third kappa shape index (κ3) is 16.3. The summed E-state index contributed by atoms with van der Waals surface area (Å²) in [6, 6.07) is 0. The highest BCUT2D eigenvalue weighted by atomic mass is 16.6. The molecule has 0 aromatic rings. The molecule has 51 heavy (non-hydrogen) atoms. The van der Waals surface area contributed by atoms with E-state index in [0.29, 0.717) is 25.7 Å². The summed E-state index contributed by atoms with van der Waals surface area (Å²) in [6.45, 7) is 3.01. The maximum absolute atomic E-state index is 13.2. The van der Waals surface area contributed by atoms with Gasteiger partial charge in [0.25, 0.3) is 29.5 Å². The molecule has 2 aliphatic heterocycles. The summed E-state index contributed by atoms with van der Waals surface area (Å²) in [6.07, 6.45) is 9.61. The van der Waals surface area contributed by atoms with Crippen LogP contribution in [0.2, 0.25) is 0 Å². The first-order chi connectivity index (χ1) is 24.5. The molecule has 0 radical (unpaired) electrons. The SMILES string of the molecule is C/C=C\C(=O)N(C=O)CCCC(CCCN1C(=O)C=CC1=O)(CCCN1C(=O)C=CC1=O)NC(=O)COCCOCCOCCOCCC(=O)O. The number of aliphatic carboxylic acids is 1. The molecule has 282 valence electrons. The molecular formula is C34H48N4O13. The van der Waals surface area contributed by atoms with Crippen LogP contribution in [0.3, 0.4) is 0 Å². The molecule has 17 heteroatoms. The summed E-state index contributed by atoms with van der Waals surface area (Å²) in [5, 5.41) is 11.6. The third-order valence-electron chi connectivity index (χ3n) is 7.86. The maximum atomic E-state index is 13.2. The van der Waals surface area contributed by atoms with Gasteiger partial charge in [-0.1, -0.05) is 6.08 Å². The van der Waals surface area contributed by atoms with Gasteiger partial charge in [-0.3, -0.25) is 53.1 Å². The monoisotopic (exact) mass is 720 g/mol. The normalized spacial score (nSPS) is 14.4. The van der Waals surface area contributed by atoms with E-state index in [9.17, 15) is 38.4 Å². The van der Waals surface area contributed by atoms with Gasteiger partial charge in [0.2, 0.25) is 12.3 Å². The quantitative estimate of drug-likeness (QED) is 0.0456. The Hall–Kier alpha value is -4.58. The Bertz CT molecular complexity index is 1230. The maximum Gasteiger partial charge on any atom is 0.305 e. The van der Waals surface area contributed by atoms with Crippen LogP contribution in [-0.2, 0) is 57.3 Å². The lowest BCUT2D eigenvalue weighted by Gasteiger charge is -2.36. The van der Waals surface area contributed by atoms with Crippen molar-refractivity contribution in [2.24, 2.45) is 0 Å². The van der Waals surface area contributed by atoms with Crippen molar-refractivity contribution in [1.29, 1.82) is 0 Å². The molecule has 0 atom stereocenters. The van der Waals surface area contributed by atoms with E-state index < -0.39 is 47.0 Å². The fourth-order valence-corrected chi connectivity index (χ4v) is 5.37. The molecule has 0 saturated carbocycles. The summed E-state index contributed by atoms with van der Waals surface area (Å²) >= 11 is 0. The molecule has 2 heterocycles. The third-order valence-corrected chi connectivity index (χ3v) is 7.86. The minimum absolute atomic E-state index is 0.0552. The first-order valence-electron chi connectivity index (χ1n) is 16.8. The highest BCUT2D eigenvalue weighted by Gasteiger charge is 2.34. The summed E-state index contributed by atoms with van der Waals surface area (Å²) in [4.78, 5) is 99.4. The van der Waals surface area contributed by atoms with Gasteiger partial charge in [0.05, 0.1) is 52.7 Å². The van der Waals surface area contributed by atoms with Gasteiger partial charge >= 0.3 is 5.97 Å². The first kappa shape index (κ1) is 42.6. The lowest BCUT2D eigenvalue weighted by atomic mass is 9.83. The molecule has 2 rings (SSSR count). The van der Waals surface area contributed by atoms with Gasteiger partial charge < -0.3 is 29.4 Å². The van der Waals surface area contributed by atoms with E-state index >= 15 is 0 Å². The van der Waals surface area contributed by atoms with E-state index in [1.807, 2.05) is 0 Å². The van der Waals surface area contributed by atoms with Crippen molar-refractivity contribution >= 4 is 47.8 Å². The van der Waals surface area contributed by atoms with Crippen molar-refractivity contribution in [1.82, 2.24) is 20.0 Å². The average Bonchev–Trinajstić information content (AvgIpc) is 3.59. The number of allylic oxidation sites excluding steroid dienone is 1. The van der Waals surface area contributed by atoms with Crippen LogP contribution < -0.4 is 5.32 Å². The number of ether oxygens (including phenoxy) is 4. The van der Waals surface area contributed by atoms with Crippen molar-refractivity contribution in [2.75, 3.05) is 72.5 Å². The van der Waals surface area contributed by atoms with E-state index in [-0.39, 0.29) is 98.2 Å². The second-order valence-corrected chi connectivity index (χ2v) is 11.6. The predicted octanol–water partition coefficient (Wildman–Crippen LogP) is 0.134. The Kier molecular flexibility index (Phi) is 19.8. The molecule has 0 bridgehead atoms. The number of hydrogen-bond donors (Lipinski definition) is 2. The van der Waals surface area contributed by atoms with Crippen LogP contribution in [0.25, 0.3) is 0 Å². The molecule has 0 aromatic heterocycles. The second-order valence-electron chi connectivity index (χ2n) is 11.6. The molecule has 0 spiro atoms. The zero-order valence-electron chi connectivity index (χ0n) is 29.0. The van der Waals surface area contributed by atoms with Crippen LogP contribution in [0.15, 0.2) is 36.5 Å². The Morgan fingerprint density at radius 3 is 1.65 bits per heavy atom. The van der Waals surface area contributed by atoms with E-state index in [1.54, 1.807) is 6.92 Å². The lowest BCUT2D eigenvalue weighted by molar-refractivity contribution is -0.139. The summed E-state index contributed by atoms with van der Waals surface area (Å²) < 4.78 is 21.4. The van der Waals surface area contributed by atoms with Gasteiger partial charge in [0.1, 0.15) is 6.61 Å². The van der Waals surface area contributed by atoms with Gasteiger partial charge in [0.15, 0.2) is 0 Å². The predicted molar refractivity (Wildman–Crippen MR) is 178 cm³/mol. The van der Waals surface area contributed by atoms with Crippen molar-refractivity contribution in [2.45, 2.75) is 57.4 Å². The fraction of sp³-hybridized carbons (Fsp3) is 0.588. The van der Waals surface area contributed by atoms with Gasteiger partial charge in [0, 0.05) is 49.5 Å². The van der Waals surface area contributed by atoms with Gasteiger partial charge in [-0.25, -0.2) is 0 Å². The average molecular weight is 721 g/mol. The fourth-order valence-electron chi connectivity index (χ4n) is 5.37. The Morgan fingerprint density at radius 1 is 0.745 bits per heavy atom. The molecular weight excluding hydrogens is 672 g/mol. The molecule has 0 unspecified atom stereocenters. The van der Waals surface area contributed by atoms with E-state index in [0.717, 1.165) is 14.7 Å². The molecule has 0 aromatic carbocycles. The summed E-state index contributed by atoms with van der Waals surface area (Å²) in [5.74, 6) is -3.68. The van der Waals surface area contributed by atoms with Crippen molar-refractivity contribution < 1.29 is 62.4 Å². The topological polar surface area (TPSA) is 215 Å². The minimum atomic E-state index is -0.984. The first-order valence-corrected chi connectivity index (χ1v) is 16.8. The molecule has 2 N–H and O–H groups in total. The number of nitrogens with one attached hydrogen (secondary N) is 1. The zero-order valence-corrected chi connectivity index (χ0v) is 29.0. The molecule has 17 nitrogen and oxygen atoms in total. The van der Waals surface area contributed by atoms with Crippen LogP contribution in [0.5, 0.6) is 0 Å². The second kappa shape index (κ2) is 23.8. The number of carboxylic acid groups (broad SMARTS) is 1. The zero-order chi connectivity index (χ0) is 37.5. The molecule has 2 aliphatic rings. The van der Waals surface area contributed by atoms with Crippen LogP contribution >= 0.6 is 0 Å². The van der Waals surface area contributed by atoms with E-state index in [2.05, 4.69) is 5.32 Å². The highest BCUT2D eigenvalue weighted by molar-refractivity contribution is 6.13. The molecule has 0 aliphatic carbocycles.